The van der Waals surface area contributed by atoms with Crippen LogP contribution in [0.2, 0.25) is 0 Å². The van der Waals surface area contributed by atoms with Gasteiger partial charge in [-0.15, -0.1) is 12.3 Å². The molecule has 0 radical (unpaired) electrons. The molecule has 2 atom stereocenters. The van der Waals surface area contributed by atoms with Crippen LogP contribution in [0.5, 0.6) is 0 Å². The second-order valence-electron chi connectivity index (χ2n) is 4.80. The van der Waals surface area contributed by atoms with Gasteiger partial charge >= 0.3 is 0 Å². The van der Waals surface area contributed by atoms with Crippen molar-refractivity contribution in [3.05, 3.63) is 0 Å². The van der Waals surface area contributed by atoms with Gasteiger partial charge in [0.25, 0.3) is 0 Å². The van der Waals surface area contributed by atoms with E-state index in [4.69, 9.17) is 6.42 Å². The highest BCUT2D eigenvalue weighted by Crippen LogP contribution is 2.20. The predicted molar refractivity (Wildman–Crippen MR) is 70.7 cm³/mol. The summed E-state index contributed by atoms with van der Waals surface area (Å²) < 4.78 is 0. The first-order valence-electron chi connectivity index (χ1n) is 6.60. The molecule has 1 rings (SSSR count). The fourth-order valence-corrected chi connectivity index (χ4v) is 2.40. The number of hydrogen-bond donors (Lipinski definition) is 1. The van der Waals surface area contributed by atoms with Crippen LogP contribution < -0.4 is 5.32 Å². The molecule has 1 heterocycles. The van der Waals surface area contributed by atoms with Gasteiger partial charge in [-0.25, -0.2) is 0 Å². The predicted octanol–water partition coefficient (Wildman–Crippen LogP) is 1.30. The van der Waals surface area contributed by atoms with Crippen LogP contribution in [0.1, 0.15) is 46.5 Å². The Balaban J connectivity index is 2.69. The second kappa shape index (κ2) is 6.55. The van der Waals surface area contributed by atoms with E-state index in [9.17, 15) is 9.59 Å². The zero-order valence-electron chi connectivity index (χ0n) is 11.4. The third kappa shape index (κ3) is 3.11. The molecule has 1 aliphatic heterocycles. The number of likely N-dealkylation sites (tertiary alicyclic amines) is 1. The van der Waals surface area contributed by atoms with Crippen molar-refractivity contribution in [2.45, 2.75) is 64.6 Å². The molecule has 0 bridgehead atoms. The zero-order chi connectivity index (χ0) is 13.7. The van der Waals surface area contributed by atoms with Gasteiger partial charge in [0.2, 0.25) is 11.8 Å². The van der Waals surface area contributed by atoms with Crippen molar-refractivity contribution in [2.75, 3.05) is 0 Å². The average Bonchev–Trinajstić information content (AvgIpc) is 2.59. The molecule has 0 aromatic carbocycles. The number of nitrogens with one attached hydrogen (secondary N) is 1. The lowest BCUT2D eigenvalue weighted by molar-refractivity contribution is -0.141. The van der Waals surface area contributed by atoms with Gasteiger partial charge in [-0.3, -0.25) is 14.5 Å². The Morgan fingerprint density at radius 3 is 2.56 bits per heavy atom. The lowest BCUT2D eigenvalue weighted by atomic mass is 10.1. The Morgan fingerprint density at radius 2 is 2.06 bits per heavy atom. The van der Waals surface area contributed by atoms with Crippen molar-refractivity contribution >= 4 is 11.8 Å². The maximum Gasteiger partial charge on any atom is 0.247 e. The largest absolute Gasteiger partial charge is 0.302 e. The van der Waals surface area contributed by atoms with Gasteiger partial charge in [0.05, 0.1) is 12.5 Å². The van der Waals surface area contributed by atoms with Crippen LogP contribution in [0, 0.1) is 12.3 Å². The standard InChI is InChI=1S/C14H22N2O2/c1-5-8-10(4)15-12-9-13(17)16(14(12)18)11(6-2)7-3/h1,10-12,15H,6-9H2,2-4H3. The van der Waals surface area contributed by atoms with E-state index in [1.807, 2.05) is 20.8 Å². The van der Waals surface area contributed by atoms with Gasteiger partial charge < -0.3 is 5.32 Å². The maximum atomic E-state index is 12.2. The van der Waals surface area contributed by atoms with Crippen molar-refractivity contribution in [1.29, 1.82) is 0 Å². The van der Waals surface area contributed by atoms with E-state index in [0.717, 1.165) is 12.8 Å². The molecule has 0 saturated carbocycles. The molecule has 1 N–H and O–H groups in total. The summed E-state index contributed by atoms with van der Waals surface area (Å²) in [6.45, 7) is 5.92. The lowest BCUT2D eigenvalue weighted by Gasteiger charge is -2.24. The molecule has 1 fully saturated rings. The molecule has 100 valence electrons. The van der Waals surface area contributed by atoms with E-state index in [-0.39, 0.29) is 30.3 Å². The molecule has 0 aromatic rings. The molecule has 4 nitrogen and oxygen atoms in total. The monoisotopic (exact) mass is 250 g/mol. The smallest absolute Gasteiger partial charge is 0.247 e. The van der Waals surface area contributed by atoms with E-state index in [2.05, 4.69) is 11.2 Å². The van der Waals surface area contributed by atoms with Gasteiger partial charge in [-0.1, -0.05) is 13.8 Å². The molecule has 1 aliphatic rings. The normalized spacial score (nSPS) is 21.5. The van der Waals surface area contributed by atoms with Gasteiger partial charge in [0.1, 0.15) is 0 Å². The molecule has 2 amide bonds. The van der Waals surface area contributed by atoms with Gasteiger partial charge in [-0.05, 0) is 19.8 Å². The highest BCUT2D eigenvalue weighted by atomic mass is 16.2. The number of amides is 2. The van der Waals surface area contributed by atoms with Crippen LogP contribution in [0.25, 0.3) is 0 Å². The summed E-state index contributed by atoms with van der Waals surface area (Å²) >= 11 is 0. The van der Waals surface area contributed by atoms with Gasteiger partial charge in [0.15, 0.2) is 0 Å². The minimum absolute atomic E-state index is 0.0275. The van der Waals surface area contributed by atoms with E-state index in [0.29, 0.717) is 6.42 Å². The van der Waals surface area contributed by atoms with Crippen LogP contribution in [0.3, 0.4) is 0 Å². The Labute approximate surface area is 109 Å². The first-order valence-corrected chi connectivity index (χ1v) is 6.60. The third-order valence-corrected chi connectivity index (χ3v) is 3.40. The number of imide groups is 1. The molecule has 0 spiro atoms. The quantitative estimate of drug-likeness (QED) is 0.571. The summed E-state index contributed by atoms with van der Waals surface area (Å²) in [7, 11) is 0. The molecule has 0 aromatic heterocycles. The highest BCUT2D eigenvalue weighted by molar-refractivity contribution is 6.05. The van der Waals surface area contributed by atoms with E-state index >= 15 is 0 Å². The number of carbonyl (C=O) groups is 2. The van der Waals surface area contributed by atoms with E-state index < -0.39 is 6.04 Å². The Morgan fingerprint density at radius 1 is 1.44 bits per heavy atom. The van der Waals surface area contributed by atoms with Crippen molar-refractivity contribution in [2.24, 2.45) is 0 Å². The van der Waals surface area contributed by atoms with Crippen LogP contribution in [-0.4, -0.2) is 34.8 Å². The van der Waals surface area contributed by atoms with Gasteiger partial charge in [0, 0.05) is 18.5 Å². The summed E-state index contributed by atoms with van der Waals surface area (Å²) in [4.78, 5) is 25.6. The SMILES string of the molecule is C#CCC(C)NC1CC(=O)N(C(CC)CC)C1=O. The maximum absolute atomic E-state index is 12.2. The van der Waals surface area contributed by atoms with E-state index in [1.165, 1.54) is 4.90 Å². The molecule has 18 heavy (non-hydrogen) atoms. The van der Waals surface area contributed by atoms with Crippen molar-refractivity contribution in [1.82, 2.24) is 10.2 Å². The number of hydrogen-bond acceptors (Lipinski definition) is 3. The molecule has 4 heteroatoms. The Hall–Kier alpha value is -1.34. The second-order valence-corrected chi connectivity index (χ2v) is 4.80. The fourth-order valence-electron chi connectivity index (χ4n) is 2.40. The number of terminal acetylenes is 1. The Kier molecular flexibility index (Phi) is 5.36. The van der Waals surface area contributed by atoms with Crippen LogP contribution in [-0.2, 0) is 9.59 Å². The van der Waals surface area contributed by atoms with Crippen LogP contribution in [0.15, 0.2) is 0 Å². The Bertz CT molecular complexity index is 355. The summed E-state index contributed by atoms with van der Waals surface area (Å²) in [6, 6.07) is -0.320. The van der Waals surface area contributed by atoms with Gasteiger partial charge in [-0.2, -0.15) is 0 Å². The average molecular weight is 250 g/mol. The highest BCUT2D eigenvalue weighted by Gasteiger charge is 2.41. The van der Waals surface area contributed by atoms with Crippen LogP contribution in [0.4, 0.5) is 0 Å². The molecule has 2 unspecified atom stereocenters. The van der Waals surface area contributed by atoms with Crippen LogP contribution >= 0.6 is 0 Å². The lowest BCUT2D eigenvalue weighted by Crippen LogP contribution is -2.45. The first kappa shape index (κ1) is 14.7. The minimum atomic E-state index is -0.401. The third-order valence-electron chi connectivity index (χ3n) is 3.40. The summed E-state index contributed by atoms with van der Waals surface area (Å²) in [5.41, 5.74) is 0. The topological polar surface area (TPSA) is 49.4 Å². The number of rotatable bonds is 6. The molecular weight excluding hydrogens is 228 g/mol. The summed E-state index contributed by atoms with van der Waals surface area (Å²) in [5.74, 6) is 2.38. The number of nitrogens with zero attached hydrogens (tertiary/aromatic N) is 1. The minimum Gasteiger partial charge on any atom is -0.302 e. The zero-order valence-corrected chi connectivity index (χ0v) is 11.4. The van der Waals surface area contributed by atoms with Crippen molar-refractivity contribution in [3.63, 3.8) is 0 Å². The van der Waals surface area contributed by atoms with Crippen molar-refractivity contribution in [3.8, 4) is 12.3 Å². The first-order chi connectivity index (χ1) is 8.54. The fraction of sp³-hybridized carbons (Fsp3) is 0.714. The van der Waals surface area contributed by atoms with Crippen molar-refractivity contribution < 1.29 is 9.59 Å². The summed E-state index contributed by atoms with van der Waals surface area (Å²) in [5, 5.41) is 3.14. The number of carbonyl (C=O) groups excluding carboxylic acids is 2. The summed E-state index contributed by atoms with van der Waals surface area (Å²) in [6.07, 6.45) is 7.66. The molecular formula is C14H22N2O2. The molecule has 1 saturated heterocycles. The van der Waals surface area contributed by atoms with E-state index in [1.54, 1.807) is 0 Å². The molecule has 0 aliphatic carbocycles.